The predicted molar refractivity (Wildman–Crippen MR) is 84.2 cm³/mol. The summed E-state index contributed by atoms with van der Waals surface area (Å²) in [5.41, 5.74) is -0.937. The smallest absolute Gasteiger partial charge is 0.346 e. The summed E-state index contributed by atoms with van der Waals surface area (Å²) in [7, 11) is 1.22. The summed E-state index contributed by atoms with van der Waals surface area (Å²) in [5, 5.41) is 0. The van der Waals surface area contributed by atoms with Crippen molar-refractivity contribution in [1.29, 1.82) is 0 Å². The molecule has 0 saturated heterocycles. The molecular formula is C16H17FN2O5. The molecule has 0 radical (unpaired) electrons. The first-order chi connectivity index (χ1) is 11.2. The van der Waals surface area contributed by atoms with Gasteiger partial charge in [-0.1, -0.05) is 0 Å². The normalized spacial score (nSPS) is 11.9. The van der Waals surface area contributed by atoms with Gasteiger partial charge in [-0.05, 0) is 32.4 Å². The quantitative estimate of drug-likeness (QED) is 0.848. The third kappa shape index (κ3) is 3.37. The monoisotopic (exact) mass is 336 g/mol. The van der Waals surface area contributed by atoms with E-state index in [4.69, 9.17) is 4.74 Å². The molecule has 1 heterocycles. The highest BCUT2D eigenvalue weighted by molar-refractivity contribution is 5.74. The number of aromatic amines is 1. The number of benzene rings is 1. The Balaban J connectivity index is 2.58. The lowest BCUT2D eigenvalue weighted by Crippen LogP contribution is -2.34. The van der Waals surface area contributed by atoms with E-state index in [2.05, 4.69) is 9.72 Å². The number of aromatic nitrogens is 2. The number of nitrogens with zero attached hydrogens (tertiary/aromatic N) is 1. The molecule has 1 N–H and O–H groups in total. The van der Waals surface area contributed by atoms with Gasteiger partial charge in [0.15, 0.2) is 6.10 Å². The van der Waals surface area contributed by atoms with Gasteiger partial charge >= 0.3 is 11.7 Å². The number of esters is 1. The molecule has 0 fully saturated rings. The van der Waals surface area contributed by atoms with E-state index < -0.39 is 29.1 Å². The van der Waals surface area contributed by atoms with E-state index in [-0.39, 0.29) is 11.4 Å². The number of carbonyl (C=O) groups is 1. The maximum atomic E-state index is 14.3. The molecule has 1 unspecified atom stereocenters. The van der Waals surface area contributed by atoms with Crippen molar-refractivity contribution in [2.75, 3.05) is 7.11 Å². The molecule has 0 aliphatic rings. The van der Waals surface area contributed by atoms with Crippen LogP contribution in [0.15, 0.2) is 27.8 Å². The fourth-order valence-corrected chi connectivity index (χ4v) is 2.18. The summed E-state index contributed by atoms with van der Waals surface area (Å²) in [6, 6.07) is 3.51. The minimum atomic E-state index is -0.931. The SMILES string of the molecule is COC(=O)C(C)Oc1cc(-n2c(=O)cc(C)[nH]c2=O)c(F)cc1C. The van der Waals surface area contributed by atoms with E-state index in [1.54, 1.807) is 13.8 Å². The van der Waals surface area contributed by atoms with Crippen LogP contribution in [-0.4, -0.2) is 28.7 Å². The largest absolute Gasteiger partial charge is 0.479 e. The zero-order chi connectivity index (χ0) is 18.0. The molecule has 7 nitrogen and oxygen atoms in total. The number of carbonyl (C=O) groups excluding carboxylic acids is 1. The maximum Gasteiger partial charge on any atom is 0.346 e. The summed E-state index contributed by atoms with van der Waals surface area (Å²) < 4.78 is 25.0. The van der Waals surface area contributed by atoms with Crippen molar-refractivity contribution >= 4 is 5.97 Å². The predicted octanol–water partition coefficient (Wildman–Crippen LogP) is 1.22. The minimum Gasteiger partial charge on any atom is -0.479 e. The molecule has 1 aromatic carbocycles. The van der Waals surface area contributed by atoms with E-state index >= 15 is 0 Å². The van der Waals surface area contributed by atoms with Crippen molar-refractivity contribution in [3.8, 4) is 11.4 Å². The Bertz CT molecular complexity index is 869. The Morgan fingerprint density at radius 2 is 1.92 bits per heavy atom. The van der Waals surface area contributed by atoms with E-state index in [1.165, 1.54) is 26.2 Å². The third-order valence-corrected chi connectivity index (χ3v) is 3.39. The van der Waals surface area contributed by atoms with E-state index in [1.807, 2.05) is 0 Å². The second-order valence-corrected chi connectivity index (χ2v) is 5.28. The molecule has 128 valence electrons. The Morgan fingerprint density at radius 3 is 2.50 bits per heavy atom. The summed E-state index contributed by atoms with van der Waals surface area (Å²) >= 11 is 0. The molecule has 0 amide bonds. The highest BCUT2D eigenvalue weighted by Gasteiger charge is 2.19. The molecule has 0 aliphatic heterocycles. The second kappa shape index (κ2) is 6.69. The molecule has 24 heavy (non-hydrogen) atoms. The Kier molecular flexibility index (Phi) is 4.87. The first-order valence-corrected chi connectivity index (χ1v) is 7.12. The van der Waals surface area contributed by atoms with Crippen LogP contribution < -0.4 is 16.0 Å². The lowest BCUT2D eigenvalue weighted by atomic mass is 10.2. The zero-order valence-corrected chi connectivity index (χ0v) is 13.7. The van der Waals surface area contributed by atoms with Gasteiger partial charge in [-0.15, -0.1) is 0 Å². The van der Waals surface area contributed by atoms with Gasteiger partial charge in [-0.2, -0.15) is 0 Å². The van der Waals surface area contributed by atoms with Crippen molar-refractivity contribution in [3.05, 3.63) is 56.1 Å². The molecule has 0 bridgehead atoms. The van der Waals surface area contributed by atoms with Gasteiger partial charge in [0.05, 0.1) is 12.8 Å². The Hall–Kier alpha value is -2.90. The van der Waals surface area contributed by atoms with Crippen LogP contribution in [0.1, 0.15) is 18.2 Å². The molecule has 1 aromatic heterocycles. The maximum absolute atomic E-state index is 14.3. The zero-order valence-electron chi connectivity index (χ0n) is 13.7. The molecule has 2 aromatic rings. The van der Waals surface area contributed by atoms with Gasteiger partial charge in [-0.25, -0.2) is 18.5 Å². The molecule has 0 spiro atoms. The van der Waals surface area contributed by atoms with Gasteiger partial charge in [-0.3, -0.25) is 4.79 Å². The topological polar surface area (TPSA) is 90.4 Å². The van der Waals surface area contributed by atoms with Crippen LogP contribution in [0.5, 0.6) is 5.75 Å². The fourth-order valence-electron chi connectivity index (χ4n) is 2.18. The lowest BCUT2D eigenvalue weighted by Gasteiger charge is -2.16. The van der Waals surface area contributed by atoms with Crippen molar-refractivity contribution in [3.63, 3.8) is 0 Å². The fraction of sp³-hybridized carbons (Fsp3) is 0.312. The highest BCUT2D eigenvalue weighted by atomic mass is 19.1. The van der Waals surface area contributed by atoms with Crippen LogP contribution in [-0.2, 0) is 9.53 Å². The van der Waals surface area contributed by atoms with Gasteiger partial charge in [0.25, 0.3) is 5.56 Å². The standard InChI is InChI=1S/C16H17FN2O5/c1-8-5-11(17)12(7-13(8)24-10(3)15(21)23-4)19-14(20)6-9(2)18-16(19)22/h5-7,10H,1-4H3,(H,18,22). The molecule has 0 aliphatic carbocycles. The number of ether oxygens (including phenoxy) is 2. The number of methoxy groups -OCH3 is 1. The van der Waals surface area contributed by atoms with Crippen molar-refractivity contribution in [2.24, 2.45) is 0 Å². The highest BCUT2D eigenvalue weighted by Crippen LogP contribution is 2.25. The number of aryl methyl sites for hydroxylation is 2. The number of hydrogen-bond acceptors (Lipinski definition) is 5. The van der Waals surface area contributed by atoms with Crippen LogP contribution in [0.3, 0.4) is 0 Å². The average molecular weight is 336 g/mol. The Morgan fingerprint density at radius 1 is 1.25 bits per heavy atom. The number of H-pyrrole nitrogens is 1. The van der Waals surface area contributed by atoms with Crippen molar-refractivity contribution < 1.29 is 18.7 Å². The van der Waals surface area contributed by atoms with Gasteiger partial charge in [0.2, 0.25) is 0 Å². The van der Waals surface area contributed by atoms with Crippen LogP contribution >= 0.6 is 0 Å². The molecule has 8 heteroatoms. The van der Waals surface area contributed by atoms with Crippen molar-refractivity contribution in [2.45, 2.75) is 26.9 Å². The van der Waals surface area contributed by atoms with Crippen LogP contribution in [0.2, 0.25) is 0 Å². The Labute approximate surface area is 136 Å². The molecule has 0 saturated carbocycles. The molecule has 1 atom stereocenters. The summed E-state index contributed by atoms with van der Waals surface area (Å²) in [6.07, 6.45) is -0.931. The average Bonchev–Trinajstić information content (AvgIpc) is 2.49. The summed E-state index contributed by atoms with van der Waals surface area (Å²) in [5.74, 6) is -1.20. The number of hydrogen-bond donors (Lipinski definition) is 1. The lowest BCUT2D eigenvalue weighted by molar-refractivity contribution is -0.147. The van der Waals surface area contributed by atoms with Crippen LogP contribution in [0.25, 0.3) is 5.69 Å². The number of nitrogens with one attached hydrogen (secondary N) is 1. The number of halogens is 1. The van der Waals surface area contributed by atoms with Gasteiger partial charge < -0.3 is 14.5 Å². The van der Waals surface area contributed by atoms with Gasteiger partial charge in [0.1, 0.15) is 11.6 Å². The van der Waals surface area contributed by atoms with Crippen LogP contribution in [0.4, 0.5) is 4.39 Å². The third-order valence-electron chi connectivity index (χ3n) is 3.39. The minimum absolute atomic E-state index is 0.163. The first kappa shape index (κ1) is 17.5. The molecular weight excluding hydrogens is 319 g/mol. The molecule has 2 rings (SSSR count). The van der Waals surface area contributed by atoms with E-state index in [9.17, 15) is 18.8 Å². The van der Waals surface area contributed by atoms with E-state index in [0.717, 1.165) is 6.07 Å². The number of rotatable bonds is 4. The second-order valence-electron chi connectivity index (χ2n) is 5.28. The van der Waals surface area contributed by atoms with Crippen molar-refractivity contribution in [1.82, 2.24) is 9.55 Å². The summed E-state index contributed by atoms with van der Waals surface area (Å²) in [4.78, 5) is 38.0. The van der Waals surface area contributed by atoms with Gasteiger partial charge in [0, 0.05) is 17.8 Å². The first-order valence-electron chi connectivity index (χ1n) is 7.12. The van der Waals surface area contributed by atoms with E-state index in [0.29, 0.717) is 15.8 Å². The summed E-state index contributed by atoms with van der Waals surface area (Å²) in [6.45, 7) is 4.60. The van der Waals surface area contributed by atoms with Crippen LogP contribution in [0, 0.1) is 19.7 Å².